The van der Waals surface area contributed by atoms with Crippen LogP contribution in [0, 0.1) is 0 Å². The van der Waals surface area contributed by atoms with Crippen LogP contribution in [0.15, 0.2) is 60.9 Å². The predicted octanol–water partition coefficient (Wildman–Crippen LogP) is 3.43. The number of hydrogen-bond donors (Lipinski definition) is 0. The average Bonchev–Trinajstić information content (AvgIpc) is 3.39. The predicted molar refractivity (Wildman–Crippen MR) is 122 cm³/mol. The monoisotopic (exact) mass is 451 g/mol. The molecule has 1 aliphatic heterocycles. The van der Waals surface area contributed by atoms with Crippen molar-refractivity contribution in [3.05, 3.63) is 75.7 Å². The molecule has 1 saturated heterocycles. The van der Waals surface area contributed by atoms with E-state index < -0.39 is 5.97 Å². The van der Waals surface area contributed by atoms with Gasteiger partial charge in [-0.2, -0.15) is 0 Å². The van der Waals surface area contributed by atoms with Crippen molar-refractivity contribution < 1.29 is 9.90 Å². The summed E-state index contributed by atoms with van der Waals surface area (Å²) < 4.78 is 2.82. The third-order valence-electron chi connectivity index (χ3n) is 5.64. The van der Waals surface area contributed by atoms with E-state index in [1.807, 2.05) is 22.8 Å². The number of carbonyl (C=O) groups excluding carboxylic acids is 1. The molecule has 2 aromatic carbocycles. The summed E-state index contributed by atoms with van der Waals surface area (Å²) >= 11 is 7.70. The standard InChI is InChI=1S/C23H21ClN4O2S/c24-22-7-5-19(31-22)14-26-8-10-27(11-9-26)17-2-1-3-18(13-17)28-15-25-20-12-16(23(29)30)4-6-21(20)28/h1-7,12-13,15H,8-11,14H2,(H,29,30)/p-1. The Morgan fingerprint density at radius 3 is 2.58 bits per heavy atom. The van der Waals surface area contributed by atoms with Crippen LogP contribution in [-0.2, 0) is 6.54 Å². The quantitative estimate of drug-likeness (QED) is 0.465. The number of aromatic carboxylic acids is 1. The van der Waals surface area contributed by atoms with Crippen molar-refractivity contribution in [3.8, 4) is 5.69 Å². The van der Waals surface area contributed by atoms with Crippen LogP contribution in [0.2, 0.25) is 4.34 Å². The molecule has 1 fully saturated rings. The number of aromatic nitrogens is 2. The number of imidazole rings is 1. The summed E-state index contributed by atoms with van der Waals surface area (Å²) in [6, 6.07) is 17.3. The highest BCUT2D eigenvalue weighted by atomic mass is 35.5. The number of carboxylic acid groups (broad SMARTS) is 1. The van der Waals surface area contributed by atoms with E-state index in [1.54, 1.807) is 35.9 Å². The van der Waals surface area contributed by atoms with Gasteiger partial charge in [-0.3, -0.25) is 9.47 Å². The number of thiophene rings is 1. The van der Waals surface area contributed by atoms with Crippen molar-refractivity contribution in [3.63, 3.8) is 0 Å². The van der Waals surface area contributed by atoms with E-state index in [2.05, 4.69) is 33.0 Å². The number of fused-ring (bicyclic) bond motifs is 1. The third-order valence-corrected chi connectivity index (χ3v) is 6.85. The molecule has 0 bridgehead atoms. The maximum absolute atomic E-state index is 11.1. The smallest absolute Gasteiger partial charge is 0.100 e. The number of halogens is 1. The zero-order valence-corrected chi connectivity index (χ0v) is 18.3. The number of anilines is 1. The molecule has 0 saturated carbocycles. The van der Waals surface area contributed by atoms with Gasteiger partial charge in [0.25, 0.3) is 0 Å². The number of carbonyl (C=O) groups is 1. The molecule has 8 heteroatoms. The van der Waals surface area contributed by atoms with Crippen molar-refractivity contribution in [2.45, 2.75) is 6.54 Å². The van der Waals surface area contributed by atoms with Crippen molar-refractivity contribution in [1.82, 2.24) is 14.5 Å². The molecule has 0 spiro atoms. The lowest BCUT2D eigenvalue weighted by Gasteiger charge is -2.36. The molecule has 0 N–H and O–H groups in total. The molecule has 158 valence electrons. The van der Waals surface area contributed by atoms with E-state index >= 15 is 0 Å². The van der Waals surface area contributed by atoms with Gasteiger partial charge < -0.3 is 14.8 Å². The number of nitrogens with zero attached hydrogens (tertiary/aromatic N) is 4. The highest BCUT2D eigenvalue weighted by molar-refractivity contribution is 7.16. The highest BCUT2D eigenvalue weighted by Crippen LogP contribution is 2.26. The third kappa shape index (κ3) is 4.17. The Bertz CT molecular complexity index is 1240. The van der Waals surface area contributed by atoms with Crippen LogP contribution < -0.4 is 10.0 Å². The molecule has 6 nitrogen and oxygen atoms in total. The van der Waals surface area contributed by atoms with E-state index in [4.69, 9.17) is 11.6 Å². The first-order valence-electron chi connectivity index (χ1n) is 10.1. The van der Waals surface area contributed by atoms with Crippen LogP contribution >= 0.6 is 22.9 Å². The lowest BCUT2D eigenvalue weighted by molar-refractivity contribution is -0.255. The lowest BCUT2D eigenvalue weighted by atomic mass is 10.2. The summed E-state index contributed by atoms with van der Waals surface area (Å²) in [4.78, 5) is 21.6. The Kier molecular flexibility index (Phi) is 5.40. The van der Waals surface area contributed by atoms with Crippen molar-refractivity contribution >= 4 is 45.6 Å². The fourth-order valence-electron chi connectivity index (χ4n) is 4.01. The second-order valence-corrected chi connectivity index (χ2v) is 9.39. The Morgan fingerprint density at radius 2 is 1.84 bits per heavy atom. The van der Waals surface area contributed by atoms with Crippen LogP contribution in [0.1, 0.15) is 15.2 Å². The summed E-state index contributed by atoms with van der Waals surface area (Å²) in [7, 11) is 0. The molecule has 0 radical (unpaired) electrons. The molecule has 1 aliphatic rings. The second-order valence-electron chi connectivity index (χ2n) is 7.59. The average molecular weight is 452 g/mol. The minimum atomic E-state index is -1.19. The minimum Gasteiger partial charge on any atom is -0.545 e. The van der Waals surface area contributed by atoms with Crippen LogP contribution in [0.5, 0.6) is 0 Å². The van der Waals surface area contributed by atoms with E-state index in [9.17, 15) is 9.90 Å². The van der Waals surface area contributed by atoms with E-state index in [1.165, 1.54) is 10.6 Å². The van der Waals surface area contributed by atoms with Gasteiger partial charge in [0, 0.05) is 49.0 Å². The van der Waals surface area contributed by atoms with Gasteiger partial charge in [0.15, 0.2) is 0 Å². The first-order chi connectivity index (χ1) is 15.1. The molecular weight excluding hydrogens is 432 g/mol. The number of rotatable bonds is 5. The molecule has 0 unspecified atom stereocenters. The van der Waals surface area contributed by atoms with Crippen LogP contribution in [0.25, 0.3) is 16.7 Å². The highest BCUT2D eigenvalue weighted by Gasteiger charge is 2.18. The van der Waals surface area contributed by atoms with Gasteiger partial charge in [-0.05, 0) is 48.0 Å². The van der Waals surface area contributed by atoms with E-state index in [-0.39, 0.29) is 5.56 Å². The summed E-state index contributed by atoms with van der Waals surface area (Å²) in [6.45, 7) is 4.87. The van der Waals surface area contributed by atoms with Crippen molar-refractivity contribution in [2.24, 2.45) is 0 Å². The first-order valence-corrected chi connectivity index (χ1v) is 11.3. The number of piperazine rings is 1. The summed E-state index contributed by atoms with van der Waals surface area (Å²) in [5.74, 6) is -1.19. The van der Waals surface area contributed by atoms with Gasteiger partial charge in [-0.25, -0.2) is 4.98 Å². The number of carboxylic acids is 1. The van der Waals surface area contributed by atoms with E-state index in [0.717, 1.165) is 48.3 Å². The Balaban J connectivity index is 1.32. The van der Waals surface area contributed by atoms with Gasteiger partial charge >= 0.3 is 0 Å². The van der Waals surface area contributed by atoms with Crippen LogP contribution in [0.3, 0.4) is 0 Å². The SMILES string of the molecule is O=C([O-])c1ccc2c(c1)ncn2-c1cccc(N2CCN(Cc3ccc(Cl)s3)CC2)c1. The minimum absolute atomic E-state index is 0.134. The first kappa shape index (κ1) is 20.1. The van der Waals surface area contributed by atoms with Crippen LogP contribution in [0.4, 0.5) is 5.69 Å². The zero-order valence-electron chi connectivity index (χ0n) is 16.7. The Hall–Kier alpha value is -2.87. The van der Waals surface area contributed by atoms with Gasteiger partial charge in [-0.15, -0.1) is 11.3 Å². The van der Waals surface area contributed by atoms with Gasteiger partial charge in [0.05, 0.1) is 21.3 Å². The molecule has 5 rings (SSSR count). The molecule has 3 heterocycles. The van der Waals surface area contributed by atoms with Crippen molar-refractivity contribution in [1.29, 1.82) is 0 Å². The van der Waals surface area contributed by atoms with Crippen LogP contribution in [-0.4, -0.2) is 46.6 Å². The summed E-state index contributed by atoms with van der Waals surface area (Å²) in [6.07, 6.45) is 1.73. The lowest BCUT2D eigenvalue weighted by Crippen LogP contribution is -2.45. The fourth-order valence-corrected chi connectivity index (χ4v) is 5.14. The van der Waals surface area contributed by atoms with E-state index in [0.29, 0.717) is 5.52 Å². The normalized spacial score (nSPS) is 14.9. The van der Waals surface area contributed by atoms with Gasteiger partial charge in [0.2, 0.25) is 0 Å². The molecule has 0 aliphatic carbocycles. The molecule has 0 amide bonds. The molecule has 31 heavy (non-hydrogen) atoms. The van der Waals surface area contributed by atoms with Gasteiger partial charge in [-0.1, -0.05) is 23.7 Å². The van der Waals surface area contributed by atoms with Gasteiger partial charge in [0.1, 0.15) is 6.33 Å². The topological polar surface area (TPSA) is 64.4 Å². The largest absolute Gasteiger partial charge is 0.545 e. The maximum Gasteiger partial charge on any atom is 0.100 e. The Morgan fingerprint density at radius 1 is 1.03 bits per heavy atom. The number of benzene rings is 2. The summed E-state index contributed by atoms with van der Waals surface area (Å²) in [5, 5.41) is 11.1. The molecule has 4 aromatic rings. The molecule has 2 aromatic heterocycles. The Labute approximate surface area is 188 Å². The number of hydrogen-bond acceptors (Lipinski definition) is 6. The zero-order chi connectivity index (χ0) is 21.4. The maximum atomic E-state index is 11.1. The molecule has 0 atom stereocenters. The molecular formula is C23H20ClN4O2S-. The van der Waals surface area contributed by atoms with Crippen molar-refractivity contribution in [2.75, 3.05) is 31.1 Å². The summed E-state index contributed by atoms with van der Waals surface area (Å²) in [5.41, 5.74) is 3.80. The second kappa shape index (κ2) is 8.34. The fraction of sp³-hybridized carbons (Fsp3) is 0.217.